The van der Waals surface area contributed by atoms with Gasteiger partial charge in [-0.25, -0.2) is 8.42 Å². The normalized spacial score (nSPS) is 15.2. The topological polar surface area (TPSA) is 86.8 Å². The zero-order valence-electron chi connectivity index (χ0n) is 21.8. The highest BCUT2D eigenvalue weighted by Gasteiger charge is 2.32. The number of nitrogens with zero attached hydrogens (tertiary/aromatic N) is 2. The molecule has 202 valence electrons. The summed E-state index contributed by atoms with van der Waals surface area (Å²) in [5.41, 5.74) is 2.61. The molecule has 0 radical (unpaired) electrons. The highest BCUT2D eigenvalue weighted by atomic mass is 35.5. The molecule has 0 aromatic heterocycles. The van der Waals surface area contributed by atoms with Crippen LogP contribution in [0.2, 0.25) is 10.0 Å². The zero-order valence-corrected chi connectivity index (χ0v) is 24.1. The summed E-state index contributed by atoms with van der Waals surface area (Å²) >= 11 is 12.3. The Kier molecular flexibility index (Phi) is 9.89. The van der Waals surface area contributed by atoms with E-state index in [4.69, 9.17) is 23.2 Å². The second-order valence-corrected chi connectivity index (χ2v) is 12.5. The highest BCUT2D eigenvalue weighted by molar-refractivity contribution is 7.92. The van der Waals surface area contributed by atoms with Crippen molar-refractivity contribution in [3.05, 3.63) is 63.1 Å². The predicted octanol–water partition coefficient (Wildman–Crippen LogP) is 5.24. The maximum atomic E-state index is 13.8. The van der Waals surface area contributed by atoms with Gasteiger partial charge in [0, 0.05) is 12.6 Å². The van der Waals surface area contributed by atoms with Crippen LogP contribution >= 0.6 is 23.2 Å². The second kappa shape index (κ2) is 12.5. The molecule has 2 aromatic carbocycles. The Labute approximate surface area is 230 Å². The largest absolute Gasteiger partial charge is 0.352 e. The maximum Gasteiger partial charge on any atom is 0.244 e. The predicted molar refractivity (Wildman–Crippen MR) is 150 cm³/mol. The molecule has 1 N–H and O–H groups in total. The Hall–Kier alpha value is -2.29. The van der Waals surface area contributed by atoms with Gasteiger partial charge in [0.2, 0.25) is 21.8 Å². The maximum absolute atomic E-state index is 13.8. The van der Waals surface area contributed by atoms with Crippen molar-refractivity contribution in [2.45, 2.75) is 71.5 Å². The number of sulfonamides is 1. The quantitative estimate of drug-likeness (QED) is 0.448. The molecule has 10 heteroatoms. The third kappa shape index (κ3) is 7.62. The molecule has 2 aromatic rings. The number of carbonyl (C=O) groups excluding carboxylic acids is 2. The van der Waals surface area contributed by atoms with Crippen LogP contribution in [0.3, 0.4) is 0 Å². The molecule has 37 heavy (non-hydrogen) atoms. The van der Waals surface area contributed by atoms with Gasteiger partial charge in [-0.05, 0) is 62.4 Å². The number of rotatable bonds is 9. The third-order valence-electron chi connectivity index (χ3n) is 6.82. The lowest BCUT2D eigenvalue weighted by Crippen LogP contribution is -2.53. The molecule has 0 bridgehead atoms. The van der Waals surface area contributed by atoms with Crippen molar-refractivity contribution in [3.63, 3.8) is 0 Å². The second-order valence-electron chi connectivity index (χ2n) is 9.80. The number of benzene rings is 2. The molecule has 7 nitrogen and oxygen atoms in total. The number of anilines is 1. The van der Waals surface area contributed by atoms with Crippen LogP contribution in [-0.4, -0.2) is 50.0 Å². The third-order valence-corrected chi connectivity index (χ3v) is 8.68. The first kappa shape index (κ1) is 29.3. The summed E-state index contributed by atoms with van der Waals surface area (Å²) in [5, 5.41) is 3.79. The summed E-state index contributed by atoms with van der Waals surface area (Å²) in [6.07, 6.45) is 6.17. The van der Waals surface area contributed by atoms with E-state index in [1.54, 1.807) is 51.1 Å². The number of hydrogen-bond donors (Lipinski definition) is 1. The van der Waals surface area contributed by atoms with E-state index in [0.717, 1.165) is 53.8 Å². The first-order valence-electron chi connectivity index (χ1n) is 12.5. The molecule has 0 heterocycles. The van der Waals surface area contributed by atoms with Gasteiger partial charge in [-0.15, -0.1) is 0 Å². The first-order valence-corrected chi connectivity index (χ1v) is 15.1. The minimum atomic E-state index is -3.80. The summed E-state index contributed by atoms with van der Waals surface area (Å²) < 4.78 is 26.8. The van der Waals surface area contributed by atoms with Crippen LogP contribution in [0.25, 0.3) is 0 Å². The van der Waals surface area contributed by atoms with Crippen LogP contribution in [0, 0.1) is 13.8 Å². The fraction of sp³-hybridized carbons (Fsp3) is 0.481. The smallest absolute Gasteiger partial charge is 0.244 e. The number of nitrogens with one attached hydrogen (secondary N) is 1. The van der Waals surface area contributed by atoms with Crippen LogP contribution in [0.15, 0.2) is 36.4 Å². The monoisotopic (exact) mass is 567 g/mol. The van der Waals surface area contributed by atoms with Gasteiger partial charge >= 0.3 is 0 Å². The van der Waals surface area contributed by atoms with Crippen LogP contribution in [0.5, 0.6) is 0 Å². The molecule has 1 aliphatic rings. The minimum absolute atomic E-state index is 0.0688. The summed E-state index contributed by atoms with van der Waals surface area (Å²) in [4.78, 5) is 28.4. The summed E-state index contributed by atoms with van der Waals surface area (Å²) in [7, 11) is -3.80. The van der Waals surface area contributed by atoms with E-state index in [1.807, 2.05) is 6.07 Å². The van der Waals surface area contributed by atoms with Crippen molar-refractivity contribution in [2.24, 2.45) is 0 Å². The number of hydrogen-bond acceptors (Lipinski definition) is 4. The van der Waals surface area contributed by atoms with Gasteiger partial charge in [-0.3, -0.25) is 13.9 Å². The van der Waals surface area contributed by atoms with E-state index in [-0.39, 0.29) is 18.5 Å². The van der Waals surface area contributed by atoms with Gasteiger partial charge < -0.3 is 10.2 Å². The van der Waals surface area contributed by atoms with E-state index in [9.17, 15) is 18.0 Å². The molecule has 0 aliphatic heterocycles. The van der Waals surface area contributed by atoms with E-state index < -0.39 is 28.5 Å². The zero-order chi connectivity index (χ0) is 27.3. The standard InChI is InChI=1S/C27H35Cl2N3O4S/c1-18-9-8-10-19(2)26(18)32(37(4,35)36)17-25(33)31(16-21-13-14-23(28)24(29)15-21)20(3)27(34)30-22-11-6-5-7-12-22/h8-10,13-15,20,22H,5-7,11-12,16-17H2,1-4H3,(H,30,34). The average Bonchev–Trinajstić information content (AvgIpc) is 2.83. The molecule has 1 unspecified atom stereocenters. The van der Waals surface area contributed by atoms with Crippen LogP contribution in [0.1, 0.15) is 55.7 Å². The number of aryl methyl sites for hydroxylation is 2. The molecule has 2 amide bonds. The molecule has 1 fully saturated rings. The number of amides is 2. The van der Waals surface area contributed by atoms with Gasteiger partial charge in [0.05, 0.1) is 22.0 Å². The molecule has 1 saturated carbocycles. The summed E-state index contributed by atoms with van der Waals surface area (Å²) in [6.45, 7) is 4.90. The lowest BCUT2D eigenvalue weighted by atomic mass is 9.95. The fourth-order valence-electron chi connectivity index (χ4n) is 4.76. The number of halogens is 2. The van der Waals surface area contributed by atoms with Crippen molar-refractivity contribution >= 4 is 50.7 Å². The van der Waals surface area contributed by atoms with Gasteiger partial charge in [0.25, 0.3) is 0 Å². The molecule has 0 saturated heterocycles. The van der Waals surface area contributed by atoms with Crippen LogP contribution < -0.4 is 9.62 Å². The van der Waals surface area contributed by atoms with Gasteiger partial charge in [-0.2, -0.15) is 0 Å². The fourth-order valence-corrected chi connectivity index (χ4v) is 6.05. The molecular formula is C27H35Cl2N3O4S. The molecule has 1 atom stereocenters. The molecule has 1 aliphatic carbocycles. The Balaban J connectivity index is 1.93. The number of carbonyl (C=O) groups is 2. The minimum Gasteiger partial charge on any atom is -0.352 e. The lowest BCUT2D eigenvalue weighted by molar-refractivity contribution is -0.139. The van der Waals surface area contributed by atoms with Gasteiger partial charge in [0.1, 0.15) is 12.6 Å². The molecular weight excluding hydrogens is 533 g/mol. The van der Waals surface area contributed by atoms with Crippen molar-refractivity contribution in [1.82, 2.24) is 10.2 Å². The van der Waals surface area contributed by atoms with Crippen molar-refractivity contribution in [1.29, 1.82) is 0 Å². The SMILES string of the molecule is Cc1cccc(C)c1N(CC(=O)N(Cc1ccc(Cl)c(Cl)c1)C(C)C(=O)NC1CCCCC1)S(C)(=O)=O. The Bertz CT molecular complexity index is 1230. The van der Waals surface area contributed by atoms with Crippen molar-refractivity contribution in [2.75, 3.05) is 17.1 Å². The summed E-state index contributed by atoms with van der Waals surface area (Å²) in [5.74, 6) is -0.760. The highest BCUT2D eigenvalue weighted by Crippen LogP contribution is 2.28. The Morgan fingerprint density at radius 1 is 1.03 bits per heavy atom. The van der Waals surface area contributed by atoms with Crippen molar-refractivity contribution in [3.8, 4) is 0 Å². The summed E-state index contributed by atoms with van der Waals surface area (Å²) in [6, 6.07) is 9.71. The van der Waals surface area contributed by atoms with Crippen LogP contribution in [0.4, 0.5) is 5.69 Å². The van der Waals surface area contributed by atoms with Gasteiger partial charge in [-0.1, -0.05) is 66.7 Å². The molecule has 0 spiro atoms. The lowest BCUT2D eigenvalue weighted by Gasteiger charge is -2.33. The van der Waals surface area contributed by atoms with E-state index in [1.165, 1.54) is 4.90 Å². The average molecular weight is 569 g/mol. The van der Waals surface area contributed by atoms with Crippen LogP contribution in [-0.2, 0) is 26.2 Å². The molecule has 3 rings (SSSR count). The first-order chi connectivity index (χ1) is 17.4. The Morgan fingerprint density at radius 2 is 1.65 bits per heavy atom. The van der Waals surface area contributed by atoms with Gasteiger partial charge in [0.15, 0.2) is 0 Å². The van der Waals surface area contributed by atoms with E-state index in [0.29, 0.717) is 21.3 Å². The van der Waals surface area contributed by atoms with Crippen molar-refractivity contribution < 1.29 is 18.0 Å². The van der Waals surface area contributed by atoms with E-state index >= 15 is 0 Å². The number of para-hydroxylation sites is 1. The Morgan fingerprint density at radius 3 is 2.22 bits per heavy atom. The van der Waals surface area contributed by atoms with E-state index in [2.05, 4.69) is 5.32 Å².